The van der Waals surface area contributed by atoms with E-state index >= 15 is 0 Å². The monoisotopic (exact) mass is 284 g/mol. The van der Waals surface area contributed by atoms with E-state index < -0.39 is 5.97 Å². The Morgan fingerprint density at radius 3 is 2.70 bits per heavy atom. The number of furan rings is 1. The Balaban J connectivity index is 2.48. The second-order valence-electron chi connectivity index (χ2n) is 4.43. The molecule has 7 nitrogen and oxygen atoms in total. The number of carboxylic acid groups (broad SMARTS) is 1. The first-order valence-corrected chi connectivity index (χ1v) is 6.22. The van der Waals surface area contributed by atoms with E-state index in [4.69, 9.17) is 14.3 Å². The molecule has 0 spiro atoms. The van der Waals surface area contributed by atoms with Gasteiger partial charge in [-0.2, -0.15) is 0 Å². The van der Waals surface area contributed by atoms with Crippen LogP contribution in [0.25, 0.3) is 0 Å². The summed E-state index contributed by atoms with van der Waals surface area (Å²) in [5.41, 5.74) is 0. The van der Waals surface area contributed by atoms with Crippen molar-refractivity contribution < 1.29 is 23.8 Å². The molecule has 0 aromatic carbocycles. The van der Waals surface area contributed by atoms with Crippen molar-refractivity contribution in [1.29, 1.82) is 0 Å². The van der Waals surface area contributed by atoms with Crippen LogP contribution in [0, 0.1) is 0 Å². The van der Waals surface area contributed by atoms with Crippen LogP contribution in [-0.2, 0) is 20.9 Å². The Morgan fingerprint density at radius 2 is 2.15 bits per heavy atom. The lowest BCUT2D eigenvalue weighted by molar-refractivity contribution is -0.139. The number of nitrogens with zero attached hydrogens (tertiary/aromatic N) is 2. The molecule has 0 fully saturated rings. The molecule has 0 unspecified atom stereocenters. The first-order valence-electron chi connectivity index (χ1n) is 6.22. The molecule has 0 saturated carbocycles. The summed E-state index contributed by atoms with van der Waals surface area (Å²) in [6.07, 6.45) is 1.54. The Hall–Kier alpha value is -1.86. The SMILES string of the molecule is COCCN(CC(=O)O)CC(=O)N(C)Cc1ccco1. The highest BCUT2D eigenvalue weighted by molar-refractivity contribution is 5.78. The first kappa shape index (κ1) is 16.2. The molecule has 20 heavy (non-hydrogen) atoms. The first-order chi connectivity index (χ1) is 9.52. The van der Waals surface area contributed by atoms with Crippen molar-refractivity contribution in [1.82, 2.24) is 9.80 Å². The molecule has 1 heterocycles. The van der Waals surface area contributed by atoms with Crippen LogP contribution in [0.3, 0.4) is 0 Å². The zero-order valence-corrected chi connectivity index (χ0v) is 11.7. The molecule has 1 aromatic rings. The van der Waals surface area contributed by atoms with Crippen LogP contribution in [0.2, 0.25) is 0 Å². The molecule has 0 aliphatic heterocycles. The van der Waals surface area contributed by atoms with Gasteiger partial charge in [0.15, 0.2) is 0 Å². The summed E-state index contributed by atoms with van der Waals surface area (Å²) in [4.78, 5) is 25.8. The molecule has 7 heteroatoms. The van der Waals surface area contributed by atoms with Gasteiger partial charge in [0.05, 0.1) is 32.5 Å². The molecule has 0 aliphatic carbocycles. The molecule has 0 aliphatic rings. The third-order valence-electron chi connectivity index (χ3n) is 2.73. The molecule has 0 atom stereocenters. The fraction of sp³-hybridized carbons (Fsp3) is 0.538. The van der Waals surface area contributed by atoms with Crippen LogP contribution in [0.1, 0.15) is 5.76 Å². The van der Waals surface area contributed by atoms with E-state index in [1.54, 1.807) is 25.4 Å². The molecule has 0 bridgehead atoms. The number of hydrogen-bond donors (Lipinski definition) is 1. The van der Waals surface area contributed by atoms with E-state index in [0.29, 0.717) is 25.5 Å². The fourth-order valence-electron chi connectivity index (χ4n) is 1.66. The highest BCUT2D eigenvalue weighted by Crippen LogP contribution is 2.04. The number of carbonyl (C=O) groups excluding carboxylic acids is 1. The molecule has 1 amide bonds. The lowest BCUT2D eigenvalue weighted by Crippen LogP contribution is -2.41. The third kappa shape index (κ3) is 5.85. The van der Waals surface area contributed by atoms with Gasteiger partial charge in [-0.25, -0.2) is 0 Å². The number of rotatable bonds is 9. The standard InChI is InChI=1S/C13H20N2O5/c1-14(8-11-4-3-6-20-11)12(16)9-15(5-7-19-2)10-13(17)18/h3-4,6H,5,7-10H2,1-2H3,(H,17,18). The van der Waals surface area contributed by atoms with E-state index in [-0.39, 0.29) is 19.0 Å². The minimum absolute atomic E-state index is 0.0346. The van der Waals surface area contributed by atoms with Crippen LogP contribution >= 0.6 is 0 Å². The normalized spacial score (nSPS) is 10.8. The smallest absolute Gasteiger partial charge is 0.317 e. The molecule has 0 saturated heterocycles. The Labute approximate surface area is 117 Å². The summed E-state index contributed by atoms with van der Waals surface area (Å²) in [7, 11) is 3.18. The number of hydrogen-bond acceptors (Lipinski definition) is 5. The zero-order valence-electron chi connectivity index (χ0n) is 11.7. The van der Waals surface area contributed by atoms with Crippen molar-refractivity contribution in [3.63, 3.8) is 0 Å². The summed E-state index contributed by atoms with van der Waals surface area (Å²) >= 11 is 0. The van der Waals surface area contributed by atoms with E-state index in [0.717, 1.165) is 0 Å². The van der Waals surface area contributed by atoms with Crippen molar-refractivity contribution >= 4 is 11.9 Å². The van der Waals surface area contributed by atoms with Gasteiger partial charge in [0.2, 0.25) is 5.91 Å². The van der Waals surface area contributed by atoms with Crippen molar-refractivity contribution in [2.75, 3.05) is 40.4 Å². The number of ether oxygens (including phenoxy) is 1. The van der Waals surface area contributed by atoms with Gasteiger partial charge >= 0.3 is 5.97 Å². The summed E-state index contributed by atoms with van der Waals surface area (Å²) in [6.45, 7) is 0.971. The zero-order chi connectivity index (χ0) is 15.0. The maximum Gasteiger partial charge on any atom is 0.317 e. The molecule has 1 aromatic heterocycles. The van der Waals surface area contributed by atoms with Crippen LogP contribution in [0.5, 0.6) is 0 Å². The largest absolute Gasteiger partial charge is 0.480 e. The number of methoxy groups -OCH3 is 1. The lowest BCUT2D eigenvalue weighted by Gasteiger charge is -2.23. The van der Waals surface area contributed by atoms with Gasteiger partial charge < -0.3 is 19.2 Å². The Morgan fingerprint density at radius 1 is 1.40 bits per heavy atom. The lowest BCUT2D eigenvalue weighted by atomic mass is 10.3. The second-order valence-corrected chi connectivity index (χ2v) is 4.43. The maximum absolute atomic E-state index is 12.0. The average molecular weight is 284 g/mol. The molecular weight excluding hydrogens is 264 g/mol. The molecule has 112 valence electrons. The van der Waals surface area contributed by atoms with E-state index in [1.807, 2.05) is 0 Å². The van der Waals surface area contributed by atoms with Gasteiger partial charge in [0, 0.05) is 20.7 Å². The molecule has 0 radical (unpaired) electrons. The van der Waals surface area contributed by atoms with Gasteiger partial charge in [-0.05, 0) is 12.1 Å². The van der Waals surface area contributed by atoms with Crippen molar-refractivity contribution in [2.45, 2.75) is 6.54 Å². The predicted octanol–water partition coefficient (Wildman–Crippen LogP) is 0.271. The number of likely N-dealkylation sites (N-methyl/N-ethyl adjacent to an activating group) is 1. The van der Waals surface area contributed by atoms with Crippen molar-refractivity contribution in [3.05, 3.63) is 24.2 Å². The van der Waals surface area contributed by atoms with Crippen LogP contribution in [0.4, 0.5) is 0 Å². The quantitative estimate of drug-likeness (QED) is 0.701. The van der Waals surface area contributed by atoms with Crippen LogP contribution in [-0.4, -0.2) is 67.2 Å². The van der Waals surface area contributed by atoms with E-state index in [9.17, 15) is 9.59 Å². The van der Waals surface area contributed by atoms with Crippen molar-refractivity contribution in [2.24, 2.45) is 0 Å². The Bertz CT molecular complexity index is 418. The number of carbonyl (C=O) groups is 2. The topological polar surface area (TPSA) is 83.2 Å². The second kappa shape index (κ2) is 8.34. The summed E-state index contributed by atoms with van der Waals surface area (Å²) in [5, 5.41) is 8.82. The van der Waals surface area contributed by atoms with Crippen LogP contribution < -0.4 is 0 Å². The van der Waals surface area contributed by atoms with Crippen LogP contribution in [0.15, 0.2) is 22.8 Å². The number of carboxylic acids is 1. The fourth-order valence-corrected chi connectivity index (χ4v) is 1.66. The van der Waals surface area contributed by atoms with Gasteiger partial charge in [-0.1, -0.05) is 0 Å². The van der Waals surface area contributed by atoms with E-state index in [1.165, 1.54) is 16.9 Å². The predicted molar refractivity (Wildman–Crippen MR) is 71.1 cm³/mol. The number of amides is 1. The maximum atomic E-state index is 12.0. The third-order valence-corrected chi connectivity index (χ3v) is 2.73. The average Bonchev–Trinajstić information content (AvgIpc) is 2.87. The summed E-state index contributed by atoms with van der Waals surface area (Å²) in [6, 6.07) is 3.53. The van der Waals surface area contributed by atoms with Gasteiger partial charge in [0.25, 0.3) is 0 Å². The Kier molecular flexibility index (Phi) is 6.75. The molecule has 1 rings (SSSR count). The van der Waals surface area contributed by atoms with Crippen molar-refractivity contribution in [3.8, 4) is 0 Å². The highest BCUT2D eigenvalue weighted by Gasteiger charge is 2.17. The number of aliphatic carboxylic acids is 1. The van der Waals surface area contributed by atoms with E-state index in [2.05, 4.69) is 0 Å². The minimum atomic E-state index is -0.970. The van der Waals surface area contributed by atoms with Gasteiger partial charge in [-0.3, -0.25) is 14.5 Å². The summed E-state index contributed by atoms with van der Waals surface area (Å²) in [5.74, 6) is -0.455. The molecule has 1 N–H and O–H groups in total. The van der Waals surface area contributed by atoms with Gasteiger partial charge in [-0.15, -0.1) is 0 Å². The molecular formula is C13H20N2O5. The highest BCUT2D eigenvalue weighted by atomic mass is 16.5. The minimum Gasteiger partial charge on any atom is -0.480 e. The summed E-state index contributed by atoms with van der Waals surface area (Å²) < 4.78 is 10.1. The van der Waals surface area contributed by atoms with Gasteiger partial charge in [0.1, 0.15) is 5.76 Å².